The Hall–Kier alpha value is -3.03. The number of amidine groups is 1. The normalized spacial score (nSPS) is 12.1. The molecule has 0 aliphatic carbocycles. The zero-order valence-corrected chi connectivity index (χ0v) is 14.0. The Morgan fingerprint density at radius 1 is 1.12 bits per heavy atom. The molecule has 1 unspecified atom stereocenters. The number of anilines is 1. The number of aldehydes is 1. The van der Waals surface area contributed by atoms with Crippen molar-refractivity contribution in [2.24, 2.45) is 4.99 Å². The maximum atomic E-state index is 11.4. The number of benzene rings is 2. The van der Waals surface area contributed by atoms with Gasteiger partial charge in [0.05, 0.1) is 16.9 Å². The molecule has 2 aromatic carbocycles. The van der Waals surface area contributed by atoms with Gasteiger partial charge in [-0.2, -0.15) is 0 Å². The monoisotopic (exact) mass is 353 g/mol. The van der Waals surface area contributed by atoms with Gasteiger partial charge in [-0.3, -0.25) is 4.79 Å². The Bertz CT molecular complexity index is 814. The first kappa shape index (κ1) is 18.3. The molecule has 6 nitrogen and oxygen atoms in total. The van der Waals surface area contributed by atoms with Crippen LogP contribution in [-0.4, -0.2) is 28.5 Å². The maximum Gasteiger partial charge on any atom is 0.323 e. The van der Waals surface area contributed by atoms with Crippen molar-refractivity contribution < 1.29 is 14.1 Å². The van der Waals surface area contributed by atoms with Gasteiger partial charge in [0.1, 0.15) is 0 Å². The predicted octanol–water partition coefficient (Wildman–Crippen LogP) is 2.99. The van der Waals surface area contributed by atoms with Crippen molar-refractivity contribution in [3.05, 3.63) is 60.7 Å². The highest BCUT2D eigenvalue weighted by atomic mass is 32.2. The summed E-state index contributed by atoms with van der Waals surface area (Å²) < 4.78 is 11.4. The van der Waals surface area contributed by atoms with Crippen molar-refractivity contribution in [1.82, 2.24) is 0 Å². The van der Waals surface area contributed by atoms with Gasteiger partial charge in [-0.25, -0.2) is 9.79 Å². The van der Waals surface area contributed by atoms with Crippen LogP contribution in [0.5, 0.6) is 0 Å². The van der Waals surface area contributed by atoms with Crippen LogP contribution in [0, 0.1) is 5.41 Å². The van der Waals surface area contributed by atoms with E-state index in [2.05, 4.69) is 16.9 Å². The topological polar surface area (TPSA) is 105 Å². The fraction of sp³-hybridized carbons (Fsp3) is 0. The number of nitrogens with zero attached hydrogens (tertiary/aromatic N) is 1. The molecule has 0 radical (unpaired) electrons. The molecule has 0 saturated carbocycles. The van der Waals surface area contributed by atoms with Gasteiger partial charge in [-0.05, 0) is 47.5 Å². The quantitative estimate of drug-likeness (QED) is 0.345. The third kappa shape index (κ3) is 4.97. The second-order valence-corrected chi connectivity index (χ2v) is 6.13. The predicted molar refractivity (Wildman–Crippen MR) is 101 cm³/mol. The molecule has 1 atom stereocenters. The van der Waals surface area contributed by atoms with Crippen LogP contribution in [0.2, 0.25) is 0 Å². The Labute approximate surface area is 148 Å². The summed E-state index contributed by atoms with van der Waals surface area (Å²) in [4.78, 5) is 26.3. The number of carbonyl (C=O) groups is 2. The lowest BCUT2D eigenvalue weighted by atomic mass is 10.1. The molecule has 25 heavy (non-hydrogen) atoms. The molecule has 0 aliphatic rings. The van der Waals surface area contributed by atoms with Crippen LogP contribution in [0.1, 0.15) is 5.56 Å². The minimum Gasteiger partial charge on any atom is -0.604 e. The molecule has 2 rings (SSSR count). The molecule has 0 saturated heterocycles. The minimum absolute atomic E-state index is 0.0999. The van der Waals surface area contributed by atoms with Gasteiger partial charge in [0, 0.05) is 11.9 Å². The summed E-state index contributed by atoms with van der Waals surface area (Å²) in [7, 11) is 0. The van der Waals surface area contributed by atoms with Crippen LogP contribution in [0.3, 0.4) is 0 Å². The molecule has 7 heteroatoms. The molecule has 126 valence electrons. The van der Waals surface area contributed by atoms with Crippen molar-refractivity contribution in [3.8, 4) is 0 Å². The molecule has 0 aromatic heterocycles. The number of hydrogen-bond donors (Lipinski definition) is 2. The van der Waals surface area contributed by atoms with E-state index < -0.39 is 11.2 Å². The zero-order chi connectivity index (χ0) is 18.2. The molecule has 0 spiro atoms. The molecule has 0 aliphatic heterocycles. The summed E-state index contributed by atoms with van der Waals surface area (Å²) in [5, 5.41) is 10.0. The molecule has 2 aromatic rings. The van der Waals surface area contributed by atoms with E-state index in [0.29, 0.717) is 33.7 Å². The van der Waals surface area contributed by atoms with Gasteiger partial charge >= 0.3 is 5.62 Å². The lowest BCUT2D eigenvalue weighted by Crippen LogP contribution is -2.13. The Morgan fingerprint density at radius 2 is 1.76 bits per heavy atom. The fourth-order valence-electron chi connectivity index (χ4n) is 1.93. The van der Waals surface area contributed by atoms with E-state index in [4.69, 9.17) is 5.41 Å². The molecule has 0 amide bonds. The summed E-state index contributed by atoms with van der Waals surface area (Å²) in [6, 6.07) is 13.2. The van der Waals surface area contributed by atoms with E-state index in [1.807, 2.05) is 0 Å². The van der Waals surface area contributed by atoms with Crippen LogP contribution >= 0.6 is 0 Å². The summed E-state index contributed by atoms with van der Waals surface area (Å²) in [6.07, 6.45) is 1.75. The first-order valence-electron chi connectivity index (χ1n) is 7.14. The SMILES string of the molecule is C=C(C=N)c1ccc(/N=C(\C=O)Nc2ccc([S+]([O-])C=O)cc2)cc1. The number of hydrogen-bond acceptors (Lipinski definition) is 5. The average molecular weight is 353 g/mol. The Balaban J connectivity index is 2.14. The average Bonchev–Trinajstić information content (AvgIpc) is 2.67. The standard InChI is InChI=1S/C18H15N3O3S/c1-13(10-19)14-2-4-15(5-3-14)20-18(11-22)21-16-6-8-17(9-7-16)25(24)12-23/h2-12,19H,1H2,(H,20,21). The lowest BCUT2D eigenvalue weighted by molar-refractivity contribution is -0.102. The van der Waals surface area contributed by atoms with Gasteiger partial charge < -0.3 is 15.3 Å². The van der Waals surface area contributed by atoms with Crippen LogP contribution in [-0.2, 0) is 20.8 Å². The first-order chi connectivity index (χ1) is 12.1. The van der Waals surface area contributed by atoms with Gasteiger partial charge in [0.2, 0.25) is 0 Å². The molecular weight excluding hydrogens is 338 g/mol. The maximum absolute atomic E-state index is 11.4. The van der Waals surface area contributed by atoms with Gasteiger partial charge in [0.15, 0.2) is 17.0 Å². The lowest BCUT2D eigenvalue weighted by Gasteiger charge is -2.07. The highest BCUT2D eigenvalue weighted by Gasteiger charge is 2.09. The summed E-state index contributed by atoms with van der Waals surface area (Å²) in [5.74, 6) is 0.0999. The van der Waals surface area contributed by atoms with Crippen LogP contribution in [0.15, 0.2) is 65.0 Å². The van der Waals surface area contributed by atoms with E-state index in [1.54, 1.807) is 36.4 Å². The van der Waals surface area contributed by atoms with Crippen LogP contribution in [0.25, 0.3) is 5.57 Å². The van der Waals surface area contributed by atoms with E-state index in [1.165, 1.54) is 12.1 Å². The van der Waals surface area contributed by atoms with Crippen LogP contribution in [0.4, 0.5) is 11.4 Å². The third-order valence-corrected chi connectivity index (χ3v) is 4.13. The second-order valence-electron chi connectivity index (χ2n) is 4.87. The molecular formula is C18H15N3O3S. The van der Waals surface area contributed by atoms with Crippen molar-refractivity contribution in [2.75, 3.05) is 5.32 Å². The Morgan fingerprint density at radius 3 is 2.28 bits per heavy atom. The van der Waals surface area contributed by atoms with E-state index >= 15 is 0 Å². The van der Waals surface area contributed by atoms with Crippen molar-refractivity contribution in [2.45, 2.75) is 4.90 Å². The largest absolute Gasteiger partial charge is 0.604 e. The number of nitrogens with one attached hydrogen (secondary N) is 2. The highest BCUT2D eigenvalue weighted by molar-refractivity contribution is 8.04. The van der Waals surface area contributed by atoms with Gasteiger partial charge in [-0.1, -0.05) is 18.7 Å². The second kappa shape index (κ2) is 8.72. The third-order valence-electron chi connectivity index (χ3n) is 3.22. The highest BCUT2D eigenvalue weighted by Crippen LogP contribution is 2.18. The van der Waals surface area contributed by atoms with Crippen molar-refractivity contribution in [3.63, 3.8) is 0 Å². The smallest absolute Gasteiger partial charge is 0.323 e. The van der Waals surface area contributed by atoms with Crippen molar-refractivity contribution in [1.29, 1.82) is 5.41 Å². The minimum atomic E-state index is -1.68. The number of allylic oxidation sites excluding steroid dienone is 1. The number of carbonyl (C=O) groups excluding carboxylic acids is 2. The van der Waals surface area contributed by atoms with E-state index in [0.717, 1.165) is 11.8 Å². The zero-order valence-electron chi connectivity index (χ0n) is 13.1. The molecule has 0 fully saturated rings. The Kier molecular flexibility index (Phi) is 6.39. The summed E-state index contributed by atoms with van der Waals surface area (Å²) in [5.41, 5.74) is 2.88. The molecule has 0 heterocycles. The van der Waals surface area contributed by atoms with E-state index in [9.17, 15) is 14.1 Å². The molecule has 2 N–H and O–H groups in total. The first-order valence-corrected chi connectivity index (χ1v) is 8.35. The summed E-state index contributed by atoms with van der Waals surface area (Å²) >= 11 is -1.68. The van der Waals surface area contributed by atoms with E-state index in [-0.39, 0.29) is 5.84 Å². The van der Waals surface area contributed by atoms with Crippen molar-refractivity contribution >= 4 is 52.1 Å². The van der Waals surface area contributed by atoms with Crippen LogP contribution < -0.4 is 5.32 Å². The van der Waals surface area contributed by atoms with Gasteiger partial charge in [-0.15, -0.1) is 0 Å². The fourth-order valence-corrected chi connectivity index (χ4v) is 2.45. The number of aliphatic imine (C=N–C) groups is 1. The van der Waals surface area contributed by atoms with Gasteiger partial charge in [0.25, 0.3) is 0 Å². The molecule has 0 bridgehead atoms. The number of rotatable bonds is 7. The summed E-state index contributed by atoms with van der Waals surface area (Å²) in [6.45, 7) is 3.74.